The van der Waals surface area contributed by atoms with E-state index in [-0.39, 0.29) is 28.1 Å². The van der Waals surface area contributed by atoms with Crippen molar-refractivity contribution in [1.82, 2.24) is 19.8 Å². The van der Waals surface area contributed by atoms with Crippen LogP contribution in [-0.2, 0) is 30.6 Å². The number of aryl methyl sites for hydroxylation is 1. The second-order valence-electron chi connectivity index (χ2n) is 24.8. The van der Waals surface area contributed by atoms with E-state index in [9.17, 15) is 14.4 Å². The van der Waals surface area contributed by atoms with Crippen LogP contribution in [0.2, 0.25) is 0 Å². The Bertz CT molecular complexity index is 2590. The van der Waals surface area contributed by atoms with Crippen LogP contribution in [0.5, 0.6) is 17.2 Å². The molecule has 3 aromatic carbocycles. The summed E-state index contributed by atoms with van der Waals surface area (Å²) in [5.74, 6) is 1.04. The molecule has 5 aromatic rings. The normalized spacial score (nSPS) is 12.9. The van der Waals surface area contributed by atoms with Crippen LogP contribution in [0.15, 0.2) is 60.7 Å². The van der Waals surface area contributed by atoms with E-state index in [1.54, 1.807) is 22.8 Å². The van der Waals surface area contributed by atoms with Crippen LogP contribution >= 0.6 is 0 Å². The van der Waals surface area contributed by atoms with Crippen LogP contribution in [0.3, 0.4) is 0 Å². The molecule has 12 heteroatoms. The van der Waals surface area contributed by atoms with Gasteiger partial charge in [-0.25, -0.2) is 4.98 Å². The molecule has 2 aromatic heterocycles. The summed E-state index contributed by atoms with van der Waals surface area (Å²) < 4.78 is 20.6. The van der Waals surface area contributed by atoms with Crippen LogP contribution in [0.4, 0.5) is 11.4 Å². The minimum atomic E-state index is -0.857. The number of benzene rings is 3. The van der Waals surface area contributed by atoms with Gasteiger partial charge in [-0.2, -0.15) is 4.63 Å². The molecule has 0 saturated carbocycles. The first kappa shape index (κ1) is 62.2. The van der Waals surface area contributed by atoms with Crippen LogP contribution in [0.25, 0.3) is 17.0 Å². The van der Waals surface area contributed by atoms with Crippen molar-refractivity contribution in [3.05, 3.63) is 83.0 Å². The molecule has 0 aliphatic carbocycles. The number of unbranched alkanes of at least 4 members (excludes halogenated alkanes) is 18. The molecule has 5 rings (SSSR count). The fourth-order valence-electron chi connectivity index (χ4n) is 9.97. The van der Waals surface area contributed by atoms with Crippen molar-refractivity contribution in [2.75, 3.05) is 10.6 Å². The van der Waals surface area contributed by atoms with Gasteiger partial charge in [-0.05, 0) is 103 Å². The summed E-state index contributed by atoms with van der Waals surface area (Å²) in [4.78, 5) is 46.5. The highest BCUT2D eigenvalue weighted by Gasteiger charge is 2.28. The third-order valence-electron chi connectivity index (χ3n) is 14.5. The first-order valence-corrected chi connectivity index (χ1v) is 29.6. The summed E-state index contributed by atoms with van der Waals surface area (Å²) in [6, 6.07) is 18.9. The molecule has 3 N–H and O–H groups in total. The van der Waals surface area contributed by atoms with Gasteiger partial charge in [0.25, 0.3) is 11.8 Å². The molecule has 2 unspecified atom stereocenters. The third kappa shape index (κ3) is 20.6. The number of rotatable bonds is 32. The highest BCUT2D eigenvalue weighted by molar-refractivity contribution is 5.98. The van der Waals surface area contributed by atoms with Gasteiger partial charge in [0.2, 0.25) is 0 Å². The number of hydrogen-bond donors (Lipinski definition) is 3. The Morgan fingerprint density at radius 1 is 0.558 bits per heavy atom. The lowest BCUT2D eigenvalue weighted by Crippen LogP contribution is -2.34. The highest BCUT2D eigenvalue weighted by atomic mass is 16.5. The van der Waals surface area contributed by atoms with E-state index < -0.39 is 18.2 Å². The van der Waals surface area contributed by atoms with Crippen LogP contribution in [-0.4, -0.2) is 49.8 Å². The van der Waals surface area contributed by atoms with Crippen molar-refractivity contribution in [3.8, 4) is 28.6 Å². The number of hydrogen-bond acceptors (Lipinski definition) is 8. The lowest BCUT2D eigenvalue weighted by molar-refractivity contribution is -0.132. The van der Waals surface area contributed by atoms with Crippen LogP contribution in [0, 0.1) is 6.92 Å². The number of carbonyl (C=O) groups excluding carboxylic acids is 3. The van der Waals surface area contributed by atoms with E-state index in [0.29, 0.717) is 58.5 Å². The number of nitrogens with zero attached hydrogens (tertiary/aromatic N) is 3. The summed E-state index contributed by atoms with van der Waals surface area (Å²) in [7, 11) is 0. The Hall–Kier alpha value is -5.65. The van der Waals surface area contributed by atoms with Gasteiger partial charge in [-0.1, -0.05) is 198 Å². The smallest absolute Gasteiger partial charge is 0.308 e. The predicted octanol–water partition coefficient (Wildman–Crippen LogP) is 17.2. The summed E-state index contributed by atoms with van der Waals surface area (Å²) in [5.41, 5.74) is 5.68. The molecule has 0 aliphatic rings. The van der Waals surface area contributed by atoms with Gasteiger partial charge < -0.3 is 24.8 Å². The molecule has 0 fully saturated rings. The van der Waals surface area contributed by atoms with Crippen LogP contribution in [0.1, 0.15) is 247 Å². The van der Waals surface area contributed by atoms with Crippen molar-refractivity contribution < 1.29 is 28.6 Å². The van der Waals surface area contributed by atoms with Gasteiger partial charge in [0, 0.05) is 46.6 Å². The number of anilines is 2. The highest BCUT2D eigenvalue weighted by Crippen LogP contribution is 2.36. The molecule has 0 saturated heterocycles. The average Bonchev–Trinajstić information content (AvgIpc) is 3.96. The van der Waals surface area contributed by atoms with E-state index in [2.05, 4.69) is 90.2 Å². The van der Waals surface area contributed by atoms with E-state index in [1.165, 1.54) is 108 Å². The zero-order valence-electron chi connectivity index (χ0n) is 49.8. The van der Waals surface area contributed by atoms with E-state index >= 15 is 0 Å². The average molecular weight is 1060 g/mol. The van der Waals surface area contributed by atoms with E-state index in [0.717, 1.165) is 49.8 Å². The van der Waals surface area contributed by atoms with E-state index in [1.807, 2.05) is 51.1 Å². The quantitative estimate of drug-likeness (QED) is 0.0219. The first-order chi connectivity index (χ1) is 36.5. The minimum Gasteiger partial charge on any atom is -0.481 e. The summed E-state index contributed by atoms with van der Waals surface area (Å²) in [6.07, 6.45) is 22.9. The number of esters is 1. The SMILES string of the molecule is CCCCCCCCCCCCC(Oc1ccc(C)c(C(C)(C)C)c1)C(=O)Nc1cc(NC(=O)C(CCCCCCCCCCCC)Oc2ccc(OC(C)=O)c(C(C)(C)C)c2)cc(-c2nc3cc(C(C)(C)C)[nH]n3n2)c1. The second-order valence-corrected chi connectivity index (χ2v) is 24.8. The maximum absolute atomic E-state index is 14.8. The number of carbonyl (C=O) groups is 3. The monoisotopic (exact) mass is 1060 g/mol. The molecule has 12 nitrogen and oxygen atoms in total. The van der Waals surface area contributed by atoms with Crippen molar-refractivity contribution in [2.45, 2.75) is 260 Å². The molecular weight excluding hydrogens is 961 g/mol. The number of amides is 2. The molecule has 2 atom stereocenters. The van der Waals surface area contributed by atoms with Gasteiger partial charge in [0.15, 0.2) is 23.7 Å². The minimum absolute atomic E-state index is 0.109. The van der Waals surface area contributed by atoms with Gasteiger partial charge in [-0.3, -0.25) is 19.5 Å². The standard InChI is InChI=1S/C65H98N6O6/c1-14-16-18-20-22-24-26-28-30-32-34-56(76-51-37-36-46(3)53(43-51)63(5,6)7)61(73)66-49-40-48(60-68-59-45-58(65(11,12)13)69-71(59)70-60)41-50(42-49)67-62(74)57(35-33-31-29-27-25-23-21-19-17-15-2)77-52-38-39-55(75-47(4)72)54(44-52)64(8,9)10/h36-45,56-57,69H,14-35H2,1-13H3,(H,66,73)(H,67,74). The molecule has 77 heavy (non-hydrogen) atoms. The number of nitrogens with one attached hydrogen (secondary N) is 3. The lowest BCUT2D eigenvalue weighted by Gasteiger charge is -2.25. The molecule has 0 radical (unpaired) electrons. The zero-order chi connectivity index (χ0) is 56.2. The number of ether oxygens (including phenoxy) is 3. The Kier molecular flexibility index (Phi) is 24.2. The number of fused-ring (bicyclic) bond motifs is 1. The van der Waals surface area contributed by atoms with Crippen molar-refractivity contribution in [2.24, 2.45) is 0 Å². The van der Waals surface area contributed by atoms with Gasteiger partial charge in [0.1, 0.15) is 17.2 Å². The van der Waals surface area contributed by atoms with Gasteiger partial charge >= 0.3 is 5.97 Å². The molecule has 424 valence electrons. The Morgan fingerprint density at radius 2 is 1.00 bits per heavy atom. The topological polar surface area (TPSA) is 149 Å². The maximum atomic E-state index is 14.8. The second kappa shape index (κ2) is 29.9. The van der Waals surface area contributed by atoms with Gasteiger partial charge in [-0.15, -0.1) is 5.10 Å². The maximum Gasteiger partial charge on any atom is 0.308 e. The zero-order valence-corrected chi connectivity index (χ0v) is 49.8. The molecule has 0 spiro atoms. The predicted molar refractivity (Wildman–Crippen MR) is 317 cm³/mol. The van der Waals surface area contributed by atoms with Crippen molar-refractivity contribution in [3.63, 3.8) is 0 Å². The number of H-pyrrole nitrogens is 1. The Morgan fingerprint density at radius 3 is 1.43 bits per heavy atom. The first-order valence-electron chi connectivity index (χ1n) is 29.6. The summed E-state index contributed by atoms with van der Waals surface area (Å²) in [5, 5.41) is 14.6. The molecule has 0 aliphatic heterocycles. The third-order valence-corrected chi connectivity index (χ3v) is 14.5. The number of aromatic amines is 1. The Labute approximate surface area is 463 Å². The summed E-state index contributed by atoms with van der Waals surface area (Å²) >= 11 is 0. The molecule has 2 heterocycles. The van der Waals surface area contributed by atoms with Crippen molar-refractivity contribution >= 4 is 34.8 Å². The van der Waals surface area contributed by atoms with Crippen LogP contribution < -0.4 is 24.8 Å². The largest absolute Gasteiger partial charge is 0.481 e. The fraction of sp³-hybridized carbons (Fsp3) is 0.615. The summed E-state index contributed by atoms with van der Waals surface area (Å²) in [6.45, 7) is 27.1. The lowest BCUT2D eigenvalue weighted by atomic mass is 9.84. The van der Waals surface area contributed by atoms with Crippen molar-refractivity contribution in [1.29, 1.82) is 0 Å². The van der Waals surface area contributed by atoms with E-state index in [4.69, 9.17) is 24.3 Å². The molecule has 2 amide bonds. The number of aromatic nitrogens is 4. The fourth-order valence-corrected chi connectivity index (χ4v) is 9.97. The molecule has 0 bridgehead atoms. The molecular formula is C65H98N6O6. The van der Waals surface area contributed by atoms with Gasteiger partial charge in [0.05, 0.1) is 0 Å². The Balaban J connectivity index is 1.45.